The number of ketones is 1. The first kappa shape index (κ1) is 11.7. The number of rotatable bonds is 5. The zero-order valence-corrected chi connectivity index (χ0v) is 9.42. The molecule has 0 bridgehead atoms. The molecule has 0 radical (unpaired) electrons. The second-order valence-electron chi connectivity index (χ2n) is 4.61. The van der Waals surface area contributed by atoms with E-state index >= 15 is 0 Å². The largest absolute Gasteiger partial charge is 0.370 e. The van der Waals surface area contributed by atoms with E-state index < -0.39 is 0 Å². The van der Waals surface area contributed by atoms with Crippen LogP contribution in [0.3, 0.4) is 0 Å². The zero-order valence-electron chi connectivity index (χ0n) is 9.42. The Morgan fingerprint density at radius 2 is 2.21 bits per heavy atom. The summed E-state index contributed by atoms with van der Waals surface area (Å²) in [7, 11) is 0. The van der Waals surface area contributed by atoms with Gasteiger partial charge in [0, 0.05) is 13.0 Å². The number of carbonyl (C=O) groups excluding carboxylic acids is 1. The third-order valence-corrected chi connectivity index (χ3v) is 2.74. The number of hydrogen-bond donors (Lipinski definition) is 0. The van der Waals surface area contributed by atoms with Gasteiger partial charge in [-0.15, -0.1) is 0 Å². The summed E-state index contributed by atoms with van der Waals surface area (Å²) in [6.07, 6.45) is 6.03. The van der Waals surface area contributed by atoms with E-state index in [1.54, 1.807) is 0 Å². The minimum absolute atomic E-state index is 0.0732. The molecule has 2 nitrogen and oxygen atoms in total. The summed E-state index contributed by atoms with van der Waals surface area (Å²) in [6.45, 7) is 5.17. The number of Topliss-reactive ketones (excluding diaryl/α,β-unsaturated/α-hetero) is 1. The van der Waals surface area contributed by atoms with E-state index in [2.05, 4.69) is 13.8 Å². The predicted octanol–water partition coefficient (Wildman–Crippen LogP) is 2.95. The molecule has 0 saturated carbocycles. The molecule has 82 valence electrons. The van der Waals surface area contributed by atoms with Crippen molar-refractivity contribution in [2.45, 2.75) is 58.5 Å². The molecule has 0 N–H and O–H groups in total. The van der Waals surface area contributed by atoms with E-state index in [-0.39, 0.29) is 6.10 Å². The maximum absolute atomic E-state index is 11.7. The van der Waals surface area contributed by atoms with Gasteiger partial charge in [-0.05, 0) is 31.6 Å². The minimum atomic E-state index is -0.0732. The lowest BCUT2D eigenvalue weighted by Gasteiger charge is -2.21. The van der Waals surface area contributed by atoms with Crippen LogP contribution in [0, 0.1) is 5.92 Å². The van der Waals surface area contributed by atoms with E-state index in [1.165, 1.54) is 0 Å². The van der Waals surface area contributed by atoms with Crippen molar-refractivity contribution in [1.82, 2.24) is 0 Å². The van der Waals surface area contributed by atoms with Gasteiger partial charge in [-0.3, -0.25) is 4.79 Å². The highest BCUT2D eigenvalue weighted by Crippen LogP contribution is 2.16. The lowest BCUT2D eigenvalue weighted by Crippen LogP contribution is -2.28. The molecule has 0 aromatic rings. The van der Waals surface area contributed by atoms with Gasteiger partial charge in [0.15, 0.2) is 5.78 Å². The molecular weight excluding hydrogens is 176 g/mol. The van der Waals surface area contributed by atoms with E-state index in [4.69, 9.17) is 4.74 Å². The lowest BCUT2D eigenvalue weighted by molar-refractivity contribution is -0.133. The van der Waals surface area contributed by atoms with Crippen molar-refractivity contribution >= 4 is 5.78 Å². The first-order chi connectivity index (χ1) is 6.70. The van der Waals surface area contributed by atoms with Gasteiger partial charge in [-0.25, -0.2) is 0 Å². The Labute approximate surface area is 87.0 Å². The summed E-state index contributed by atoms with van der Waals surface area (Å²) in [5, 5.41) is 0. The van der Waals surface area contributed by atoms with Gasteiger partial charge in [0.2, 0.25) is 0 Å². The second-order valence-corrected chi connectivity index (χ2v) is 4.61. The fourth-order valence-corrected chi connectivity index (χ4v) is 1.84. The van der Waals surface area contributed by atoms with Crippen LogP contribution in [0.1, 0.15) is 52.4 Å². The molecule has 1 atom stereocenters. The second kappa shape index (κ2) is 6.18. The molecule has 0 aromatic carbocycles. The SMILES string of the molecule is CC(C)CCCC(=O)C1CCCCO1. The van der Waals surface area contributed by atoms with E-state index in [0.29, 0.717) is 18.1 Å². The zero-order chi connectivity index (χ0) is 10.4. The average Bonchev–Trinajstić information content (AvgIpc) is 2.18. The van der Waals surface area contributed by atoms with Crippen LogP contribution in [-0.4, -0.2) is 18.5 Å². The number of carbonyl (C=O) groups is 1. The third-order valence-electron chi connectivity index (χ3n) is 2.74. The van der Waals surface area contributed by atoms with Crippen LogP contribution in [0.4, 0.5) is 0 Å². The highest BCUT2D eigenvalue weighted by Gasteiger charge is 2.20. The summed E-state index contributed by atoms with van der Waals surface area (Å²) in [5.41, 5.74) is 0. The molecule has 1 aliphatic rings. The Morgan fingerprint density at radius 1 is 1.43 bits per heavy atom. The van der Waals surface area contributed by atoms with Crippen LogP contribution in [0.25, 0.3) is 0 Å². The van der Waals surface area contributed by atoms with Gasteiger partial charge in [0.25, 0.3) is 0 Å². The Hall–Kier alpha value is -0.370. The predicted molar refractivity (Wildman–Crippen MR) is 57.3 cm³/mol. The third kappa shape index (κ3) is 4.23. The maximum Gasteiger partial charge on any atom is 0.161 e. The topological polar surface area (TPSA) is 26.3 Å². The molecule has 1 aliphatic heterocycles. The van der Waals surface area contributed by atoms with Gasteiger partial charge in [0.1, 0.15) is 6.10 Å². The van der Waals surface area contributed by atoms with Gasteiger partial charge < -0.3 is 4.74 Å². The van der Waals surface area contributed by atoms with Crippen LogP contribution in [0.15, 0.2) is 0 Å². The fourth-order valence-electron chi connectivity index (χ4n) is 1.84. The van der Waals surface area contributed by atoms with Crippen LogP contribution >= 0.6 is 0 Å². The molecular formula is C12H22O2. The fraction of sp³-hybridized carbons (Fsp3) is 0.917. The highest BCUT2D eigenvalue weighted by molar-refractivity contribution is 5.83. The van der Waals surface area contributed by atoms with Gasteiger partial charge >= 0.3 is 0 Å². The summed E-state index contributed by atoms with van der Waals surface area (Å²) in [6, 6.07) is 0. The van der Waals surface area contributed by atoms with Crippen molar-refractivity contribution in [3.8, 4) is 0 Å². The molecule has 1 rings (SSSR count). The maximum atomic E-state index is 11.7. The molecule has 0 amide bonds. The van der Waals surface area contributed by atoms with Crippen molar-refractivity contribution in [2.24, 2.45) is 5.92 Å². The molecule has 2 heteroatoms. The number of hydrogen-bond acceptors (Lipinski definition) is 2. The molecule has 1 fully saturated rings. The van der Waals surface area contributed by atoms with Crippen molar-refractivity contribution in [1.29, 1.82) is 0 Å². The van der Waals surface area contributed by atoms with Crippen LogP contribution < -0.4 is 0 Å². The van der Waals surface area contributed by atoms with Crippen molar-refractivity contribution in [3.63, 3.8) is 0 Å². The van der Waals surface area contributed by atoms with E-state index in [0.717, 1.165) is 38.7 Å². The molecule has 1 unspecified atom stereocenters. The van der Waals surface area contributed by atoms with E-state index in [9.17, 15) is 4.79 Å². The summed E-state index contributed by atoms with van der Waals surface area (Å²) >= 11 is 0. The molecule has 1 saturated heterocycles. The van der Waals surface area contributed by atoms with E-state index in [1.807, 2.05) is 0 Å². The first-order valence-corrected chi connectivity index (χ1v) is 5.84. The van der Waals surface area contributed by atoms with Crippen molar-refractivity contribution in [2.75, 3.05) is 6.61 Å². The molecule has 0 aromatic heterocycles. The quantitative estimate of drug-likeness (QED) is 0.679. The van der Waals surface area contributed by atoms with Crippen molar-refractivity contribution in [3.05, 3.63) is 0 Å². The Balaban J connectivity index is 2.13. The van der Waals surface area contributed by atoms with Gasteiger partial charge in [0.05, 0.1) is 0 Å². The standard InChI is InChI=1S/C12H22O2/c1-10(2)6-5-7-11(13)12-8-3-4-9-14-12/h10,12H,3-9H2,1-2H3. The smallest absolute Gasteiger partial charge is 0.161 e. The van der Waals surface area contributed by atoms with Crippen LogP contribution in [-0.2, 0) is 9.53 Å². The summed E-state index contributed by atoms with van der Waals surface area (Å²) in [5.74, 6) is 1.03. The summed E-state index contributed by atoms with van der Waals surface area (Å²) < 4.78 is 5.45. The monoisotopic (exact) mass is 198 g/mol. The van der Waals surface area contributed by atoms with Crippen molar-refractivity contribution < 1.29 is 9.53 Å². The van der Waals surface area contributed by atoms with Gasteiger partial charge in [-0.2, -0.15) is 0 Å². The van der Waals surface area contributed by atoms with Crippen LogP contribution in [0.5, 0.6) is 0 Å². The van der Waals surface area contributed by atoms with Gasteiger partial charge in [-0.1, -0.05) is 20.3 Å². The minimum Gasteiger partial charge on any atom is -0.370 e. The normalized spacial score (nSPS) is 22.6. The van der Waals surface area contributed by atoms with Crippen LogP contribution in [0.2, 0.25) is 0 Å². The average molecular weight is 198 g/mol. The molecule has 0 aliphatic carbocycles. The Morgan fingerprint density at radius 3 is 2.79 bits per heavy atom. The highest BCUT2D eigenvalue weighted by atomic mass is 16.5. The Kier molecular flexibility index (Phi) is 5.16. The lowest BCUT2D eigenvalue weighted by atomic mass is 9.99. The molecule has 14 heavy (non-hydrogen) atoms. The molecule has 0 spiro atoms. The number of ether oxygens (including phenoxy) is 1. The first-order valence-electron chi connectivity index (χ1n) is 5.84. The molecule has 1 heterocycles. The Bertz CT molecular complexity index is 169. The summed E-state index contributed by atoms with van der Waals surface area (Å²) in [4.78, 5) is 11.7.